The summed E-state index contributed by atoms with van der Waals surface area (Å²) in [4.78, 5) is 10.8. The van der Waals surface area contributed by atoms with Gasteiger partial charge < -0.3 is 10.4 Å². The fourth-order valence-corrected chi connectivity index (χ4v) is 3.08. The molecule has 1 aliphatic rings. The van der Waals surface area contributed by atoms with Crippen molar-refractivity contribution in [3.8, 4) is 0 Å². The smallest absolute Gasteiger partial charge is 0.338 e. The van der Waals surface area contributed by atoms with Crippen molar-refractivity contribution in [1.82, 2.24) is 0 Å². The molecular weight excluding hydrogens is 241 g/mol. The molecule has 5 heteroatoms. The number of anilines is 1. The number of thioether (sulfide) groups is 1. The number of rotatable bonds is 3. The summed E-state index contributed by atoms with van der Waals surface area (Å²) in [5.74, 6) is -0.932. The van der Waals surface area contributed by atoms with E-state index in [0.717, 1.165) is 12.2 Å². The molecule has 17 heavy (non-hydrogen) atoms. The van der Waals surface area contributed by atoms with Crippen LogP contribution < -0.4 is 5.32 Å². The summed E-state index contributed by atoms with van der Waals surface area (Å²) in [7, 11) is 0. The van der Waals surface area contributed by atoms with E-state index >= 15 is 0 Å². The quantitative estimate of drug-likeness (QED) is 0.872. The number of aromatic carboxylic acids is 1. The zero-order valence-electron chi connectivity index (χ0n) is 9.44. The van der Waals surface area contributed by atoms with Crippen molar-refractivity contribution in [1.29, 1.82) is 0 Å². The van der Waals surface area contributed by atoms with Gasteiger partial charge in [-0.2, -0.15) is 11.8 Å². The number of carboxylic acid groups (broad SMARTS) is 1. The van der Waals surface area contributed by atoms with Gasteiger partial charge in [-0.05, 0) is 24.6 Å². The van der Waals surface area contributed by atoms with Crippen LogP contribution in [0, 0.1) is 5.82 Å². The highest BCUT2D eigenvalue weighted by atomic mass is 32.2. The Morgan fingerprint density at radius 2 is 2.35 bits per heavy atom. The normalized spacial score (nSPS) is 23.6. The maximum atomic E-state index is 13.2. The van der Waals surface area contributed by atoms with Crippen molar-refractivity contribution in [2.75, 3.05) is 11.1 Å². The number of nitrogens with one attached hydrogen (secondary N) is 1. The zero-order valence-corrected chi connectivity index (χ0v) is 10.3. The van der Waals surface area contributed by atoms with Crippen molar-refractivity contribution in [2.24, 2.45) is 0 Å². The molecule has 0 saturated carbocycles. The van der Waals surface area contributed by atoms with Gasteiger partial charge in [-0.15, -0.1) is 0 Å². The summed E-state index contributed by atoms with van der Waals surface area (Å²) in [5, 5.41) is 12.7. The van der Waals surface area contributed by atoms with E-state index in [1.165, 1.54) is 12.1 Å². The molecule has 0 amide bonds. The summed E-state index contributed by atoms with van der Waals surface area (Å²) in [5.41, 5.74) is 0.386. The van der Waals surface area contributed by atoms with Crippen LogP contribution in [0.15, 0.2) is 18.2 Å². The van der Waals surface area contributed by atoms with E-state index in [-0.39, 0.29) is 5.56 Å². The second kappa shape index (κ2) is 4.96. The Morgan fingerprint density at radius 3 is 2.94 bits per heavy atom. The lowest BCUT2D eigenvalue weighted by Gasteiger charge is -2.13. The minimum atomic E-state index is -1.24. The van der Waals surface area contributed by atoms with Crippen LogP contribution in [0.5, 0.6) is 0 Å². The van der Waals surface area contributed by atoms with E-state index < -0.39 is 11.8 Å². The number of hydrogen-bond donors (Lipinski definition) is 2. The Morgan fingerprint density at radius 1 is 1.59 bits per heavy atom. The molecule has 3 nitrogen and oxygen atoms in total. The van der Waals surface area contributed by atoms with Crippen molar-refractivity contribution >= 4 is 23.4 Å². The van der Waals surface area contributed by atoms with E-state index in [2.05, 4.69) is 12.2 Å². The van der Waals surface area contributed by atoms with Gasteiger partial charge in [-0.3, -0.25) is 0 Å². The predicted molar refractivity (Wildman–Crippen MR) is 67.3 cm³/mol. The van der Waals surface area contributed by atoms with E-state index in [1.807, 2.05) is 11.8 Å². The molecule has 0 spiro atoms. The molecule has 2 N–H and O–H groups in total. The summed E-state index contributed by atoms with van der Waals surface area (Å²) < 4.78 is 13.2. The van der Waals surface area contributed by atoms with Crippen LogP contribution in [0.25, 0.3) is 0 Å². The lowest BCUT2D eigenvalue weighted by atomic mass is 10.1. The maximum Gasteiger partial charge on any atom is 0.338 e. The van der Waals surface area contributed by atoms with Crippen LogP contribution in [-0.4, -0.2) is 28.1 Å². The molecule has 92 valence electrons. The largest absolute Gasteiger partial charge is 0.478 e. The van der Waals surface area contributed by atoms with Gasteiger partial charge in [0.2, 0.25) is 0 Å². The van der Waals surface area contributed by atoms with Crippen LogP contribution in [-0.2, 0) is 0 Å². The number of halogens is 1. The van der Waals surface area contributed by atoms with Gasteiger partial charge in [0.25, 0.3) is 0 Å². The fourth-order valence-electron chi connectivity index (χ4n) is 1.93. The summed E-state index contributed by atoms with van der Waals surface area (Å²) in [6.07, 6.45) is 1.05. The standard InChI is InChI=1S/C12H14FNO2S/c1-7-4-9(6-17-7)14-8-2-3-11(13)10(5-8)12(15)16/h2-3,5,7,9,14H,4,6H2,1H3,(H,15,16). The first-order valence-corrected chi connectivity index (χ1v) is 6.52. The Labute approximate surface area is 103 Å². The van der Waals surface area contributed by atoms with Gasteiger partial charge in [0.15, 0.2) is 0 Å². The zero-order chi connectivity index (χ0) is 12.4. The Kier molecular flexibility index (Phi) is 3.57. The molecule has 2 unspecified atom stereocenters. The molecule has 1 heterocycles. The third kappa shape index (κ3) is 2.91. The summed E-state index contributed by atoms with van der Waals surface area (Å²) in [6, 6.07) is 4.46. The van der Waals surface area contributed by atoms with E-state index in [9.17, 15) is 9.18 Å². The molecule has 1 aliphatic heterocycles. The van der Waals surface area contributed by atoms with Crippen LogP contribution in [0.4, 0.5) is 10.1 Å². The lowest BCUT2D eigenvalue weighted by molar-refractivity contribution is 0.0692. The van der Waals surface area contributed by atoms with Crippen molar-refractivity contribution < 1.29 is 14.3 Å². The average Bonchev–Trinajstić information content (AvgIpc) is 2.66. The Balaban J connectivity index is 2.11. The molecule has 0 radical (unpaired) electrons. The van der Waals surface area contributed by atoms with Gasteiger partial charge in [-0.1, -0.05) is 6.92 Å². The molecule has 2 atom stereocenters. The van der Waals surface area contributed by atoms with Crippen LogP contribution >= 0.6 is 11.8 Å². The SMILES string of the molecule is CC1CC(Nc2ccc(F)c(C(=O)O)c2)CS1. The maximum absolute atomic E-state index is 13.2. The average molecular weight is 255 g/mol. The highest BCUT2D eigenvalue weighted by molar-refractivity contribution is 8.00. The third-order valence-corrected chi connectivity index (χ3v) is 4.12. The van der Waals surface area contributed by atoms with Crippen LogP contribution in [0.3, 0.4) is 0 Å². The van der Waals surface area contributed by atoms with E-state index in [0.29, 0.717) is 17.0 Å². The number of hydrogen-bond acceptors (Lipinski definition) is 3. The van der Waals surface area contributed by atoms with Crippen molar-refractivity contribution in [2.45, 2.75) is 24.6 Å². The van der Waals surface area contributed by atoms with E-state index in [1.54, 1.807) is 6.07 Å². The van der Waals surface area contributed by atoms with Gasteiger partial charge in [-0.25, -0.2) is 9.18 Å². The molecule has 1 fully saturated rings. The van der Waals surface area contributed by atoms with Gasteiger partial charge in [0.1, 0.15) is 5.82 Å². The van der Waals surface area contributed by atoms with E-state index in [4.69, 9.17) is 5.11 Å². The molecule has 0 aliphatic carbocycles. The first-order chi connectivity index (χ1) is 8.06. The molecule has 1 aromatic rings. The summed E-state index contributed by atoms with van der Waals surface area (Å²) >= 11 is 1.89. The predicted octanol–water partition coefficient (Wildman–Crippen LogP) is 2.83. The minimum absolute atomic E-state index is 0.284. The Bertz CT molecular complexity index is 439. The van der Waals surface area contributed by atoms with Crippen molar-refractivity contribution in [3.05, 3.63) is 29.6 Å². The first-order valence-electron chi connectivity index (χ1n) is 5.47. The molecule has 1 saturated heterocycles. The fraction of sp³-hybridized carbons (Fsp3) is 0.417. The first kappa shape index (κ1) is 12.2. The van der Waals surface area contributed by atoms with Crippen LogP contribution in [0.2, 0.25) is 0 Å². The highest BCUT2D eigenvalue weighted by Crippen LogP contribution is 2.28. The van der Waals surface area contributed by atoms with Crippen molar-refractivity contribution in [3.63, 3.8) is 0 Å². The molecular formula is C12H14FNO2S. The van der Waals surface area contributed by atoms with Crippen LogP contribution in [0.1, 0.15) is 23.7 Å². The monoisotopic (exact) mass is 255 g/mol. The second-order valence-electron chi connectivity index (χ2n) is 4.22. The Hall–Kier alpha value is -1.23. The number of carboxylic acids is 1. The lowest BCUT2D eigenvalue weighted by Crippen LogP contribution is -2.19. The number of benzene rings is 1. The molecule has 0 bridgehead atoms. The summed E-state index contributed by atoms with van der Waals surface area (Å²) in [6.45, 7) is 2.17. The topological polar surface area (TPSA) is 49.3 Å². The molecule has 1 aromatic carbocycles. The van der Waals surface area contributed by atoms with Gasteiger partial charge >= 0.3 is 5.97 Å². The molecule has 2 rings (SSSR count). The van der Waals surface area contributed by atoms with Gasteiger partial charge in [0.05, 0.1) is 5.56 Å². The second-order valence-corrected chi connectivity index (χ2v) is 5.69. The third-order valence-electron chi connectivity index (χ3n) is 2.77. The minimum Gasteiger partial charge on any atom is -0.478 e. The molecule has 0 aromatic heterocycles. The van der Waals surface area contributed by atoms with Gasteiger partial charge in [0, 0.05) is 22.7 Å². The number of carbonyl (C=O) groups is 1. The highest BCUT2D eigenvalue weighted by Gasteiger charge is 2.22.